The molecule has 4 rings (SSSR count). The van der Waals surface area contributed by atoms with E-state index in [9.17, 15) is 9.59 Å². The first-order valence-electron chi connectivity index (χ1n) is 10.1. The predicted octanol–water partition coefficient (Wildman–Crippen LogP) is 4.98. The summed E-state index contributed by atoms with van der Waals surface area (Å²) < 4.78 is 16.3. The van der Waals surface area contributed by atoms with E-state index in [4.69, 9.17) is 25.8 Å². The van der Waals surface area contributed by atoms with E-state index in [1.807, 2.05) is 17.5 Å². The first kappa shape index (κ1) is 22.9. The summed E-state index contributed by atoms with van der Waals surface area (Å²) in [5.41, 5.74) is 1.40. The Hall–Kier alpha value is -3.23. The fraction of sp³-hybridized carbons (Fsp3) is 0.250. The lowest BCUT2D eigenvalue weighted by Gasteiger charge is -2.39. The highest BCUT2D eigenvalue weighted by molar-refractivity contribution is 7.10. The van der Waals surface area contributed by atoms with Crippen LogP contribution < -0.4 is 19.5 Å². The van der Waals surface area contributed by atoms with Crippen molar-refractivity contribution in [1.29, 1.82) is 0 Å². The molecule has 0 bridgehead atoms. The van der Waals surface area contributed by atoms with Crippen LogP contribution in [0.3, 0.4) is 0 Å². The second-order valence-corrected chi connectivity index (χ2v) is 8.90. The number of methoxy groups -OCH3 is 3. The second kappa shape index (κ2) is 9.33. The number of anilines is 1. The Morgan fingerprint density at radius 2 is 1.73 bits per heavy atom. The fourth-order valence-electron chi connectivity index (χ4n) is 4.13. The van der Waals surface area contributed by atoms with Crippen LogP contribution in [0.25, 0.3) is 0 Å². The molecule has 3 aromatic rings. The number of likely N-dealkylation sites (N-methyl/N-ethyl adjacent to an activating group) is 1. The molecule has 0 fully saturated rings. The summed E-state index contributed by atoms with van der Waals surface area (Å²) in [5, 5.41) is 5.34. The van der Waals surface area contributed by atoms with E-state index in [0.29, 0.717) is 39.1 Å². The smallest absolute Gasteiger partial charge is 0.254 e. The highest BCUT2D eigenvalue weighted by atomic mass is 35.5. The lowest BCUT2D eigenvalue weighted by molar-refractivity contribution is -0.119. The highest BCUT2D eigenvalue weighted by Gasteiger charge is 2.44. The molecule has 9 heteroatoms. The van der Waals surface area contributed by atoms with Gasteiger partial charge in [-0.3, -0.25) is 9.59 Å². The number of carbonyl (C=O) groups excluding carboxylic acids is 2. The molecule has 2 atom stereocenters. The molecule has 1 aliphatic rings. The number of halogens is 1. The standard InChI is InChI=1S/C24H23ClN2O5S/c1-27-22(20-6-5-9-33-20)21(23(28)26-16-10-13(25)7-8-17(16)30-2)14-11-18(31-3)19(32-4)12-15(14)24(27)29/h5-12,21-22H,1-4H3,(H,26,28). The number of amides is 2. The van der Waals surface area contributed by atoms with Gasteiger partial charge in [0.2, 0.25) is 5.91 Å². The van der Waals surface area contributed by atoms with Crippen LogP contribution in [0.1, 0.15) is 32.8 Å². The number of nitrogens with zero attached hydrogens (tertiary/aromatic N) is 1. The summed E-state index contributed by atoms with van der Waals surface area (Å²) in [5.74, 6) is 0.119. The molecule has 7 nitrogen and oxygen atoms in total. The number of nitrogens with one attached hydrogen (secondary N) is 1. The Kier molecular flexibility index (Phi) is 6.49. The van der Waals surface area contributed by atoms with Gasteiger partial charge in [-0.1, -0.05) is 17.7 Å². The van der Waals surface area contributed by atoms with Crippen LogP contribution in [0.15, 0.2) is 47.8 Å². The molecule has 2 aromatic carbocycles. The summed E-state index contributed by atoms with van der Waals surface area (Å²) >= 11 is 7.65. The summed E-state index contributed by atoms with van der Waals surface area (Å²) in [6.45, 7) is 0. The predicted molar refractivity (Wildman–Crippen MR) is 128 cm³/mol. The Labute approximate surface area is 200 Å². The van der Waals surface area contributed by atoms with Gasteiger partial charge in [-0.05, 0) is 47.3 Å². The van der Waals surface area contributed by atoms with Crippen molar-refractivity contribution in [3.8, 4) is 17.2 Å². The third kappa shape index (κ3) is 4.12. The van der Waals surface area contributed by atoms with E-state index in [0.717, 1.165) is 4.88 Å². The molecule has 1 aliphatic heterocycles. The molecule has 0 spiro atoms. The zero-order chi connectivity index (χ0) is 23.7. The maximum absolute atomic E-state index is 13.8. The minimum atomic E-state index is -0.718. The molecular formula is C24H23ClN2O5S. The average Bonchev–Trinajstić information content (AvgIpc) is 3.34. The number of thiophene rings is 1. The summed E-state index contributed by atoms with van der Waals surface area (Å²) in [6.07, 6.45) is 0. The van der Waals surface area contributed by atoms with Gasteiger partial charge in [0, 0.05) is 22.5 Å². The van der Waals surface area contributed by atoms with Crippen molar-refractivity contribution in [2.75, 3.05) is 33.7 Å². The molecule has 0 aliphatic carbocycles. The van der Waals surface area contributed by atoms with E-state index in [2.05, 4.69) is 5.32 Å². The monoisotopic (exact) mass is 486 g/mol. The Morgan fingerprint density at radius 3 is 2.36 bits per heavy atom. The van der Waals surface area contributed by atoms with E-state index in [-0.39, 0.29) is 11.8 Å². The molecule has 0 radical (unpaired) electrons. The van der Waals surface area contributed by atoms with Crippen LogP contribution in [0.2, 0.25) is 5.02 Å². The maximum atomic E-state index is 13.8. The van der Waals surface area contributed by atoms with E-state index < -0.39 is 12.0 Å². The van der Waals surface area contributed by atoms with Gasteiger partial charge < -0.3 is 24.4 Å². The number of hydrogen-bond donors (Lipinski definition) is 1. The second-order valence-electron chi connectivity index (χ2n) is 7.48. The van der Waals surface area contributed by atoms with Gasteiger partial charge in [0.05, 0.1) is 39.0 Å². The van der Waals surface area contributed by atoms with Crippen molar-refractivity contribution < 1.29 is 23.8 Å². The maximum Gasteiger partial charge on any atom is 0.254 e. The molecule has 0 saturated carbocycles. The van der Waals surface area contributed by atoms with Crippen molar-refractivity contribution >= 4 is 40.4 Å². The lowest BCUT2D eigenvalue weighted by Crippen LogP contribution is -2.43. The number of benzene rings is 2. The largest absolute Gasteiger partial charge is 0.495 e. The molecule has 2 amide bonds. The fourth-order valence-corrected chi connectivity index (χ4v) is 5.21. The van der Waals surface area contributed by atoms with Crippen LogP contribution >= 0.6 is 22.9 Å². The number of ether oxygens (including phenoxy) is 3. The van der Waals surface area contributed by atoms with Gasteiger partial charge in [-0.25, -0.2) is 0 Å². The SMILES string of the molecule is COc1ccc(Cl)cc1NC(=O)C1c2cc(OC)c(OC)cc2C(=O)N(C)C1c1cccs1. The quantitative estimate of drug-likeness (QED) is 0.532. The van der Waals surface area contributed by atoms with Crippen molar-refractivity contribution in [1.82, 2.24) is 4.90 Å². The van der Waals surface area contributed by atoms with E-state index in [1.165, 1.54) is 32.7 Å². The Morgan fingerprint density at radius 1 is 1.03 bits per heavy atom. The van der Waals surface area contributed by atoms with Crippen molar-refractivity contribution in [2.24, 2.45) is 0 Å². The molecule has 2 heterocycles. The number of hydrogen-bond acceptors (Lipinski definition) is 6. The van der Waals surface area contributed by atoms with Gasteiger partial charge in [0.15, 0.2) is 11.5 Å². The van der Waals surface area contributed by atoms with Crippen LogP contribution in [0.4, 0.5) is 5.69 Å². The van der Waals surface area contributed by atoms with Crippen molar-refractivity contribution in [3.05, 3.63) is 68.9 Å². The van der Waals surface area contributed by atoms with Gasteiger partial charge >= 0.3 is 0 Å². The molecule has 33 heavy (non-hydrogen) atoms. The minimum absolute atomic E-state index is 0.200. The highest BCUT2D eigenvalue weighted by Crippen LogP contribution is 2.47. The lowest BCUT2D eigenvalue weighted by atomic mass is 9.81. The number of carbonyl (C=O) groups is 2. The molecule has 2 unspecified atom stereocenters. The van der Waals surface area contributed by atoms with Crippen LogP contribution in [0, 0.1) is 0 Å². The molecule has 1 N–H and O–H groups in total. The number of rotatable bonds is 6. The van der Waals surface area contributed by atoms with Crippen molar-refractivity contribution in [2.45, 2.75) is 12.0 Å². The van der Waals surface area contributed by atoms with Gasteiger partial charge in [0.25, 0.3) is 5.91 Å². The molecule has 172 valence electrons. The van der Waals surface area contributed by atoms with E-state index in [1.54, 1.807) is 42.3 Å². The van der Waals surface area contributed by atoms with Gasteiger partial charge in [-0.2, -0.15) is 0 Å². The zero-order valence-corrected chi connectivity index (χ0v) is 20.1. The van der Waals surface area contributed by atoms with Crippen molar-refractivity contribution in [3.63, 3.8) is 0 Å². The first-order chi connectivity index (χ1) is 15.9. The molecular weight excluding hydrogens is 464 g/mol. The van der Waals surface area contributed by atoms with Crippen LogP contribution in [-0.4, -0.2) is 45.1 Å². The number of fused-ring (bicyclic) bond motifs is 1. The average molecular weight is 487 g/mol. The first-order valence-corrected chi connectivity index (χ1v) is 11.4. The molecule has 0 saturated heterocycles. The summed E-state index contributed by atoms with van der Waals surface area (Å²) in [7, 11) is 6.24. The minimum Gasteiger partial charge on any atom is -0.495 e. The third-order valence-electron chi connectivity index (χ3n) is 5.71. The summed E-state index contributed by atoms with van der Waals surface area (Å²) in [6, 6.07) is 11.6. The van der Waals surface area contributed by atoms with E-state index >= 15 is 0 Å². The van der Waals surface area contributed by atoms with Crippen LogP contribution in [0.5, 0.6) is 17.2 Å². The van der Waals surface area contributed by atoms with Crippen LogP contribution in [-0.2, 0) is 4.79 Å². The topological polar surface area (TPSA) is 77.1 Å². The van der Waals surface area contributed by atoms with Gasteiger partial charge in [-0.15, -0.1) is 11.3 Å². The normalized spacial score (nSPS) is 17.4. The zero-order valence-electron chi connectivity index (χ0n) is 18.5. The molecule has 1 aromatic heterocycles. The Bertz CT molecular complexity index is 1200. The van der Waals surface area contributed by atoms with Gasteiger partial charge in [0.1, 0.15) is 5.75 Å². The summed E-state index contributed by atoms with van der Waals surface area (Å²) in [4.78, 5) is 29.6. The third-order valence-corrected chi connectivity index (χ3v) is 6.89. The Balaban J connectivity index is 1.87.